The molecule has 0 saturated heterocycles. The van der Waals surface area contributed by atoms with E-state index in [1.165, 1.54) is 6.07 Å². The maximum absolute atomic E-state index is 10.9. The summed E-state index contributed by atoms with van der Waals surface area (Å²) in [6.45, 7) is 1.64. The zero-order valence-corrected chi connectivity index (χ0v) is 7.10. The number of nitrogens with two attached hydrogens (primary N) is 1. The van der Waals surface area contributed by atoms with Gasteiger partial charge in [-0.3, -0.25) is 0 Å². The average Bonchev–Trinajstić information content (AvgIpc) is 2.08. The minimum atomic E-state index is -3.23. The molecule has 1 rings (SSSR count). The van der Waals surface area contributed by atoms with E-state index in [0.29, 0.717) is 5.76 Å². The molecule has 0 aromatic carbocycles. The molecule has 0 atom stereocenters. The summed E-state index contributed by atoms with van der Waals surface area (Å²) in [6.07, 6.45) is 1.09. The Morgan fingerprint density at radius 2 is 2.09 bits per heavy atom. The van der Waals surface area contributed by atoms with E-state index < -0.39 is 9.84 Å². The first-order valence-electron chi connectivity index (χ1n) is 2.97. The van der Waals surface area contributed by atoms with Crippen LogP contribution in [0.3, 0.4) is 0 Å². The summed E-state index contributed by atoms with van der Waals surface area (Å²) in [5.74, 6) is 0.466. The highest BCUT2D eigenvalue weighted by Crippen LogP contribution is 2.21. The lowest BCUT2D eigenvalue weighted by molar-refractivity contribution is 0.548. The Morgan fingerprint density at radius 3 is 2.27 bits per heavy atom. The van der Waals surface area contributed by atoms with E-state index in [-0.39, 0.29) is 10.8 Å². The molecule has 62 valence electrons. The summed E-state index contributed by atoms with van der Waals surface area (Å²) in [5.41, 5.74) is 5.28. The number of aryl methyl sites for hydroxylation is 1. The van der Waals surface area contributed by atoms with Gasteiger partial charge in [0, 0.05) is 12.3 Å². The van der Waals surface area contributed by atoms with Crippen LogP contribution < -0.4 is 5.73 Å². The van der Waals surface area contributed by atoms with Gasteiger partial charge in [0.05, 0.1) is 0 Å². The maximum atomic E-state index is 10.9. The molecule has 0 spiro atoms. The van der Waals surface area contributed by atoms with Gasteiger partial charge in [-0.1, -0.05) is 0 Å². The first kappa shape index (κ1) is 8.13. The van der Waals surface area contributed by atoms with Crippen molar-refractivity contribution in [2.75, 3.05) is 12.0 Å². The lowest BCUT2D eigenvalue weighted by atomic mass is 10.5. The topological polar surface area (TPSA) is 73.3 Å². The van der Waals surface area contributed by atoms with Crippen LogP contribution in [0.1, 0.15) is 5.76 Å². The van der Waals surface area contributed by atoms with E-state index in [9.17, 15) is 8.42 Å². The predicted molar refractivity (Wildman–Crippen MR) is 41.0 cm³/mol. The lowest BCUT2D eigenvalue weighted by Gasteiger charge is -1.90. The van der Waals surface area contributed by atoms with Crippen LogP contribution in [0, 0.1) is 6.92 Å². The van der Waals surface area contributed by atoms with E-state index in [1.54, 1.807) is 6.92 Å². The first-order chi connectivity index (χ1) is 4.91. The van der Waals surface area contributed by atoms with Gasteiger partial charge in [0.2, 0.25) is 5.88 Å². The number of hydrogen-bond donors (Lipinski definition) is 1. The number of hydrogen-bond acceptors (Lipinski definition) is 4. The number of sulfone groups is 1. The van der Waals surface area contributed by atoms with Crippen molar-refractivity contribution in [3.63, 3.8) is 0 Å². The van der Waals surface area contributed by atoms with Gasteiger partial charge in [0.15, 0.2) is 9.84 Å². The largest absolute Gasteiger partial charge is 0.445 e. The van der Waals surface area contributed by atoms with Crippen LogP contribution in [-0.4, -0.2) is 14.7 Å². The fourth-order valence-electron chi connectivity index (χ4n) is 0.799. The third-order valence-electron chi connectivity index (χ3n) is 1.25. The zero-order valence-electron chi connectivity index (χ0n) is 6.29. The first-order valence-corrected chi connectivity index (χ1v) is 4.86. The smallest absolute Gasteiger partial charge is 0.209 e. The van der Waals surface area contributed by atoms with Crippen molar-refractivity contribution in [1.29, 1.82) is 0 Å². The lowest BCUT2D eigenvalue weighted by Crippen LogP contribution is -1.98. The summed E-state index contributed by atoms with van der Waals surface area (Å²) >= 11 is 0. The number of furan rings is 1. The van der Waals surface area contributed by atoms with Gasteiger partial charge in [-0.2, -0.15) is 0 Å². The van der Waals surface area contributed by atoms with Gasteiger partial charge in [-0.05, 0) is 6.92 Å². The normalized spacial score (nSPS) is 11.8. The molecule has 2 N–H and O–H groups in total. The summed E-state index contributed by atoms with van der Waals surface area (Å²) in [7, 11) is -3.23. The van der Waals surface area contributed by atoms with Gasteiger partial charge in [0.1, 0.15) is 10.7 Å². The molecule has 4 nitrogen and oxygen atoms in total. The Labute approximate surface area is 64.9 Å². The van der Waals surface area contributed by atoms with E-state index in [2.05, 4.69) is 0 Å². The molecule has 1 aromatic rings. The summed E-state index contributed by atoms with van der Waals surface area (Å²) < 4.78 is 26.7. The van der Waals surface area contributed by atoms with Crippen LogP contribution in [0.5, 0.6) is 0 Å². The fourth-order valence-corrected chi connectivity index (χ4v) is 1.59. The Morgan fingerprint density at radius 1 is 1.55 bits per heavy atom. The van der Waals surface area contributed by atoms with Crippen LogP contribution >= 0.6 is 0 Å². The Bertz CT molecular complexity index is 363. The minimum Gasteiger partial charge on any atom is -0.445 e. The van der Waals surface area contributed by atoms with Crippen molar-refractivity contribution in [3.05, 3.63) is 11.8 Å². The van der Waals surface area contributed by atoms with Crippen molar-refractivity contribution in [2.24, 2.45) is 0 Å². The highest BCUT2D eigenvalue weighted by atomic mass is 32.2. The number of anilines is 1. The van der Waals surface area contributed by atoms with Crippen LogP contribution in [-0.2, 0) is 9.84 Å². The van der Waals surface area contributed by atoms with E-state index in [1.807, 2.05) is 0 Å². The van der Waals surface area contributed by atoms with Crippen molar-refractivity contribution in [1.82, 2.24) is 0 Å². The number of nitrogen functional groups attached to an aromatic ring is 1. The second kappa shape index (κ2) is 2.27. The van der Waals surface area contributed by atoms with Gasteiger partial charge in [-0.15, -0.1) is 0 Å². The summed E-state index contributed by atoms with van der Waals surface area (Å²) in [5, 5.41) is 0. The molecule has 0 aliphatic rings. The number of rotatable bonds is 1. The molecule has 0 bridgehead atoms. The van der Waals surface area contributed by atoms with E-state index in [0.717, 1.165) is 6.26 Å². The highest BCUT2D eigenvalue weighted by molar-refractivity contribution is 7.90. The minimum absolute atomic E-state index is 0.0370. The molecule has 0 amide bonds. The molecule has 1 heterocycles. The third-order valence-corrected chi connectivity index (χ3v) is 2.37. The standard InChI is InChI=1S/C6H9NO3S/c1-4-3-5(6(7)10-4)11(2,8)9/h3H,7H2,1-2H3. The van der Waals surface area contributed by atoms with Crippen molar-refractivity contribution in [3.8, 4) is 0 Å². The predicted octanol–water partition coefficient (Wildman–Crippen LogP) is 0.574. The summed E-state index contributed by atoms with van der Waals surface area (Å²) in [6, 6.07) is 1.41. The monoisotopic (exact) mass is 175 g/mol. The molecule has 0 unspecified atom stereocenters. The second-order valence-electron chi connectivity index (χ2n) is 2.36. The molecule has 0 saturated carbocycles. The SMILES string of the molecule is Cc1cc(S(C)(=O)=O)c(N)o1. The van der Waals surface area contributed by atoms with E-state index >= 15 is 0 Å². The van der Waals surface area contributed by atoms with E-state index in [4.69, 9.17) is 10.2 Å². The van der Waals surface area contributed by atoms with Crippen LogP contribution in [0.25, 0.3) is 0 Å². The summed E-state index contributed by atoms with van der Waals surface area (Å²) in [4.78, 5) is 0.0648. The second-order valence-corrected chi connectivity index (χ2v) is 4.34. The molecule has 1 aromatic heterocycles. The molecule has 0 aliphatic carbocycles. The van der Waals surface area contributed by atoms with Crippen LogP contribution in [0.2, 0.25) is 0 Å². The highest BCUT2D eigenvalue weighted by Gasteiger charge is 2.15. The van der Waals surface area contributed by atoms with Crippen LogP contribution in [0.15, 0.2) is 15.4 Å². The van der Waals surface area contributed by atoms with Crippen molar-refractivity contribution in [2.45, 2.75) is 11.8 Å². The molecular weight excluding hydrogens is 166 g/mol. The van der Waals surface area contributed by atoms with Gasteiger partial charge < -0.3 is 10.2 Å². The Kier molecular flexibility index (Phi) is 1.67. The van der Waals surface area contributed by atoms with Crippen LogP contribution in [0.4, 0.5) is 5.88 Å². The molecule has 5 heteroatoms. The third kappa shape index (κ3) is 1.54. The van der Waals surface area contributed by atoms with Crippen molar-refractivity contribution >= 4 is 15.7 Å². The molecule has 0 fully saturated rings. The molecule has 11 heavy (non-hydrogen) atoms. The van der Waals surface area contributed by atoms with Gasteiger partial charge >= 0.3 is 0 Å². The van der Waals surface area contributed by atoms with Gasteiger partial charge in [-0.25, -0.2) is 8.42 Å². The Balaban J connectivity index is 3.36. The maximum Gasteiger partial charge on any atom is 0.209 e. The molecule has 0 aliphatic heterocycles. The quantitative estimate of drug-likeness (QED) is 0.677. The van der Waals surface area contributed by atoms with Gasteiger partial charge in [0.25, 0.3) is 0 Å². The van der Waals surface area contributed by atoms with Crippen molar-refractivity contribution < 1.29 is 12.8 Å². The fraction of sp³-hybridized carbons (Fsp3) is 0.333. The molecule has 0 radical (unpaired) electrons. The average molecular weight is 175 g/mol. The Hall–Kier alpha value is -0.970. The molecular formula is C6H9NO3S. The zero-order chi connectivity index (χ0) is 8.65.